The Balaban J connectivity index is 1.77. The lowest BCUT2D eigenvalue weighted by Crippen LogP contribution is -2.29. The predicted octanol–water partition coefficient (Wildman–Crippen LogP) is 4.16. The zero-order valence-electron chi connectivity index (χ0n) is 14.9. The van der Waals surface area contributed by atoms with Gasteiger partial charge in [0.25, 0.3) is 0 Å². The van der Waals surface area contributed by atoms with E-state index in [0.29, 0.717) is 5.46 Å². The third-order valence-electron chi connectivity index (χ3n) is 5.60. The van der Waals surface area contributed by atoms with Gasteiger partial charge in [-0.25, -0.2) is 0 Å². The highest BCUT2D eigenvalue weighted by Crippen LogP contribution is 2.39. The van der Waals surface area contributed by atoms with Crippen LogP contribution < -0.4 is 5.46 Å². The Kier molecular flexibility index (Phi) is 3.85. The SMILES string of the molecule is OB(O)c1cccc(C2=Cc3c(c4ccccc4c4ccccc34)CC2)c1. The topological polar surface area (TPSA) is 40.5 Å². The van der Waals surface area contributed by atoms with Gasteiger partial charge in [-0.1, -0.05) is 78.9 Å². The van der Waals surface area contributed by atoms with Gasteiger partial charge in [-0.15, -0.1) is 0 Å². The summed E-state index contributed by atoms with van der Waals surface area (Å²) in [5.41, 5.74) is 5.53. The van der Waals surface area contributed by atoms with Crippen LogP contribution >= 0.6 is 0 Å². The van der Waals surface area contributed by atoms with Gasteiger partial charge in [-0.3, -0.25) is 0 Å². The van der Waals surface area contributed by atoms with Crippen molar-refractivity contribution >= 4 is 45.8 Å². The molecule has 0 aromatic heterocycles. The van der Waals surface area contributed by atoms with E-state index in [1.165, 1.54) is 38.2 Å². The molecular weight excluding hydrogens is 331 g/mol. The standard InChI is InChI=1S/C24H19BO2/c26-25(27)18-7-5-6-16(14-18)17-12-13-23-21-10-2-1-8-19(21)20-9-3-4-11-22(20)24(23)15-17/h1-11,14-15,26-27H,12-13H2. The molecule has 0 heterocycles. The monoisotopic (exact) mass is 350 g/mol. The van der Waals surface area contributed by atoms with Crippen LogP contribution in [0.15, 0.2) is 72.8 Å². The van der Waals surface area contributed by atoms with Crippen LogP contribution in [0.3, 0.4) is 0 Å². The first-order chi connectivity index (χ1) is 13.2. The number of rotatable bonds is 2. The van der Waals surface area contributed by atoms with Gasteiger partial charge in [0.15, 0.2) is 0 Å². The Morgan fingerprint density at radius 3 is 2.07 bits per heavy atom. The van der Waals surface area contributed by atoms with Crippen molar-refractivity contribution in [2.45, 2.75) is 12.8 Å². The van der Waals surface area contributed by atoms with Crippen molar-refractivity contribution in [3.8, 4) is 0 Å². The molecule has 0 amide bonds. The van der Waals surface area contributed by atoms with Crippen molar-refractivity contribution in [1.82, 2.24) is 0 Å². The van der Waals surface area contributed by atoms with Crippen LogP contribution in [-0.2, 0) is 6.42 Å². The molecule has 1 aliphatic rings. The second kappa shape index (κ2) is 6.38. The second-order valence-electron chi connectivity index (χ2n) is 7.15. The summed E-state index contributed by atoms with van der Waals surface area (Å²) in [5, 5.41) is 24.2. The van der Waals surface area contributed by atoms with Crippen LogP contribution in [-0.4, -0.2) is 17.2 Å². The molecule has 0 spiro atoms. The van der Waals surface area contributed by atoms with Crippen molar-refractivity contribution < 1.29 is 10.0 Å². The molecule has 0 atom stereocenters. The van der Waals surface area contributed by atoms with Crippen LogP contribution in [0.5, 0.6) is 0 Å². The molecule has 0 saturated carbocycles. The van der Waals surface area contributed by atoms with E-state index in [-0.39, 0.29) is 0 Å². The Morgan fingerprint density at radius 2 is 1.33 bits per heavy atom. The molecule has 3 heteroatoms. The van der Waals surface area contributed by atoms with Gasteiger partial charge in [0.05, 0.1) is 0 Å². The summed E-state index contributed by atoms with van der Waals surface area (Å²) in [6.07, 6.45) is 4.22. The molecule has 27 heavy (non-hydrogen) atoms. The number of hydrogen-bond donors (Lipinski definition) is 2. The molecule has 0 saturated heterocycles. The first kappa shape index (κ1) is 16.3. The molecule has 0 fully saturated rings. The maximum absolute atomic E-state index is 9.50. The lowest BCUT2D eigenvalue weighted by atomic mass is 9.77. The highest BCUT2D eigenvalue weighted by molar-refractivity contribution is 6.58. The summed E-state index contributed by atoms with van der Waals surface area (Å²) >= 11 is 0. The van der Waals surface area contributed by atoms with Gasteiger partial charge in [0, 0.05) is 0 Å². The summed E-state index contributed by atoms with van der Waals surface area (Å²) in [4.78, 5) is 0. The lowest BCUT2D eigenvalue weighted by molar-refractivity contribution is 0.426. The van der Waals surface area contributed by atoms with Crippen LogP contribution in [0.4, 0.5) is 0 Å². The van der Waals surface area contributed by atoms with Crippen LogP contribution in [0.25, 0.3) is 33.2 Å². The van der Waals surface area contributed by atoms with E-state index >= 15 is 0 Å². The zero-order chi connectivity index (χ0) is 18.4. The molecule has 2 N–H and O–H groups in total. The van der Waals surface area contributed by atoms with Crippen molar-refractivity contribution in [3.63, 3.8) is 0 Å². The minimum Gasteiger partial charge on any atom is -0.423 e. The maximum Gasteiger partial charge on any atom is 0.488 e. The summed E-state index contributed by atoms with van der Waals surface area (Å²) < 4.78 is 0. The Hall–Kier alpha value is -2.88. The molecule has 1 aliphatic carbocycles. The molecule has 0 bridgehead atoms. The molecule has 0 aliphatic heterocycles. The highest BCUT2D eigenvalue weighted by Gasteiger charge is 2.19. The first-order valence-corrected chi connectivity index (χ1v) is 9.32. The van der Waals surface area contributed by atoms with Gasteiger partial charge >= 0.3 is 7.12 Å². The third kappa shape index (κ3) is 2.67. The van der Waals surface area contributed by atoms with Gasteiger partial charge in [-0.2, -0.15) is 0 Å². The average Bonchev–Trinajstić information content (AvgIpc) is 2.73. The molecule has 5 rings (SSSR count). The van der Waals surface area contributed by atoms with E-state index in [1.807, 2.05) is 18.2 Å². The summed E-state index contributed by atoms with van der Waals surface area (Å²) in [7, 11) is -1.44. The number of aryl methyl sites for hydroxylation is 1. The maximum atomic E-state index is 9.50. The van der Waals surface area contributed by atoms with Gasteiger partial charge in [0.1, 0.15) is 0 Å². The van der Waals surface area contributed by atoms with E-state index in [2.05, 4.69) is 54.6 Å². The van der Waals surface area contributed by atoms with E-state index in [1.54, 1.807) is 6.07 Å². The smallest absolute Gasteiger partial charge is 0.423 e. The first-order valence-electron chi connectivity index (χ1n) is 9.32. The highest BCUT2D eigenvalue weighted by atomic mass is 16.4. The fraction of sp³-hybridized carbons (Fsp3) is 0.0833. The minimum atomic E-state index is -1.44. The van der Waals surface area contributed by atoms with E-state index in [9.17, 15) is 10.0 Å². The largest absolute Gasteiger partial charge is 0.488 e. The Bertz CT molecular complexity index is 1210. The van der Waals surface area contributed by atoms with Crippen LogP contribution in [0.1, 0.15) is 23.1 Å². The van der Waals surface area contributed by atoms with Crippen LogP contribution in [0, 0.1) is 0 Å². The minimum absolute atomic E-state index is 0.530. The summed E-state index contributed by atoms with van der Waals surface area (Å²) in [5.74, 6) is 0. The van der Waals surface area contributed by atoms with Crippen molar-refractivity contribution in [2.75, 3.05) is 0 Å². The lowest BCUT2D eigenvalue weighted by Gasteiger charge is -2.22. The van der Waals surface area contributed by atoms with E-state index < -0.39 is 7.12 Å². The van der Waals surface area contributed by atoms with Crippen molar-refractivity contribution in [1.29, 1.82) is 0 Å². The molecule has 0 unspecified atom stereocenters. The normalized spacial score (nSPS) is 13.5. The van der Waals surface area contributed by atoms with Gasteiger partial charge < -0.3 is 10.0 Å². The fourth-order valence-electron chi connectivity index (χ4n) is 4.31. The molecule has 4 aromatic rings. The molecule has 130 valence electrons. The van der Waals surface area contributed by atoms with Gasteiger partial charge in [0.2, 0.25) is 0 Å². The fourth-order valence-corrected chi connectivity index (χ4v) is 4.31. The van der Waals surface area contributed by atoms with Gasteiger partial charge in [-0.05, 0) is 62.1 Å². The molecule has 0 radical (unpaired) electrons. The Labute approximate surface area is 158 Å². The van der Waals surface area contributed by atoms with Crippen LogP contribution in [0.2, 0.25) is 0 Å². The molecular formula is C24H19BO2. The van der Waals surface area contributed by atoms with E-state index in [4.69, 9.17) is 0 Å². The van der Waals surface area contributed by atoms with Crippen molar-refractivity contribution in [3.05, 3.63) is 89.5 Å². The third-order valence-corrected chi connectivity index (χ3v) is 5.60. The summed E-state index contributed by atoms with van der Waals surface area (Å²) in [6, 6.07) is 24.8. The molecule has 4 aromatic carbocycles. The second-order valence-corrected chi connectivity index (χ2v) is 7.15. The van der Waals surface area contributed by atoms with E-state index in [0.717, 1.165) is 18.4 Å². The quantitative estimate of drug-likeness (QED) is 0.421. The number of benzene rings is 4. The average molecular weight is 350 g/mol. The van der Waals surface area contributed by atoms with Crippen molar-refractivity contribution in [2.24, 2.45) is 0 Å². The number of hydrogen-bond acceptors (Lipinski definition) is 2. The predicted molar refractivity (Wildman–Crippen MR) is 114 cm³/mol. The Morgan fingerprint density at radius 1 is 0.667 bits per heavy atom. The zero-order valence-corrected chi connectivity index (χ0v) is 14.9. The number of allylic oxidation sites excluding steroid dienone is 1. The number of fused-ring (bicyclic) bond motifs is 6. The summed E-state index contributed by atoms with van der Waals surface area (Å²) in [6.45, 7) is 0. The molecule has 2 nitrogen and oxygen atoms in total.